The van der Waals surface area contributed by atoms with E-state index in [1.54, 1.807) is 0 Å². The smallest absolute Gasteiger partial charge is 0.303 e. The van der Waals surface area contributed by atoms with Crippen LogP contribution in [0.25, 0.3) is 33.6 Å². The highest BCUT2D eigenvalue weighted by atomic mass is 16.4. The monoisotopic (exact) mass is 410 g/mol. The molecule has 4 heteroatoms. The van der Waals surface area contributed by atoms with E-state index in [0.29, 0.717) is 6.42 Å². The first-order valence-electron chi connectivity index (χ1n) is 10.7. The molecule has 4 nitrogen and oxygen atoms in total. The van der Waals surface area contributed by atoms with Crippen LogP contribution in [-0.4, -0.2) is 20.9 Å². The predicted octanol–water partition coefficient (Wildman–Crippen LogP) is 6.53. The highest BCUT2D eigenvalue weighted by Crippen LogP contribution is 2.40. The van der Waals surface area contributed by atoms with Crippen LogP contribution in [-0.2, 0) is 11.3 Å². The number of hydrogen-bond donors (Lipinski definition) is 1. The summed E-state index contributed by atoms with van der Waals surface area (Å²) in [4.78, 5) is 10.8. The van der Waals surface area contributed by atoms with E-state index in [-0.39, 0.29) is 6.42 Å². The molecule has 0 aliphatic carbocycles. The summed E-state index contributed by atoms with van der Waals surface area (Å²) in [6.45, 7) is 0.747. The molecule has 3 aromatic carbocycles. The van der Waals surface area contributed by atoms with Gasteiger partial charge in [0.2, 0.25) is 0 Å². The van der Waals surface area contributed by atoms with Crippen molar-refractivity contribution in [1.82, 2.24) is 9.78 Å². The molecule has 0 bridgehead atoms. The van der Waals surface area contributed by atoms with Crippen molar-refractivity contribution in [1.29, 1.82) is 0 Å². The molecule has 0 fully saturated rings. The molecule has 0 unspecified atom stereocenters. The standard InChI is InChI=1S/C27H26N2O2/c30-24(31)19-11-4-12-20-29-27(23-17-9-3-10-18-23)25(21-13-5-1-6-14-21)26(28-29)22-15-7-2-8-16-22/h1-3,5-10,13-18H,4,11-12,19-20H2,(H,30,31). The number of hydrogen-bond acceptors (Lipinski definition) is 2. The van der Waals surface area contributed by atoms with Crippen LogP contribution in [0.4, 0.5) is 0 Å². The molecule has 0 atom stereocenters. The van der Waals surface area contributed by atoms with Gasteiger partial charge in [0, 0.05) is 29.7 Å². The summed E-state index contributed by atoms with van der Waals surface area (Å²) in [5.41, 5.74) is 6.55. The van der Waals surface area contributed by atoms with E-state index in [1.165, 1.54) is 0 Å². The summed E-state index contributed by atoms with van der Waals surface area (Å²) in [6.07, 6.45) is 2.66. The normalized spacial score (nSPS) is 10.8. The van der Waals surface area contributed by atoms with Crippen molar-refractivity contribution in [2.45, 2.75) is 32.2 Å². The third-order valence-electron chi connectivity index (χ3n) is 5.37. The topological polar surface area (TPSA) is 55.1 Å². The molecule has 0 aliphatic rings. The second-order valence-electron chi connectivity index (χ2n) is 7.60. The van der Waals surface area contributed by atoms with Gasteiger partial charge in [-0.1, -0.05) is 97.4 Å². The number of aromatic nitrogens is 2. The Hall–Kier alpha value is -3.66. The third-order valence-corrected chi connectivity index (χ3v) is 5.37. The van der Waals surface area contributed by atoms with Gasteiger partial charge in [0.15, 0.2) is 0 Å². The van der Waals surface area contributed by atoms with Crippen LogP contribution in [0, 0.1) is 0 Å². The molecule has 1 N–H and O–H groups in total. The molecule has 4 aromatic rings. The number of carbonyl (C=O) groups is 1. The van der Waals surface area contributed by atoms with Crippen molar-refractivity contribution in [3.8, 4) is 33.6 Å². The van der Waals surface area contributed by atoms with Gasteiger partial charge in [0.25, 0.3) is 0 Å². The summed E-state index contributed by atoms with van der Waals surface area (Å²) in [5, 5.41) is 14.0. The van der Waals surface area contributed by atoms with Crippen LogP contribution in [0.3, 0.4) is 0 Å². The number of carboxylic acids is 1. The number of benzene rings is 3. The maximum absolute atomic E-state index is 10.8. The van der Waals surface area contributed by atoms with Crippen molar-refractivity contribution in [2.75, 3.05) is 0 Å². The van der Waals surface area contributed by atoms with E-state index < -0.39 is 5.97 Å². The van der Waals surface area contributed by atoms with Gasteiger partial charge in [-0.3, -0.25) is 9.48 Å². The quantitative estimate of drug-likeness (QED) is 0.319. The second kappa shape index (κ2) is 9.90. The Morgan fingerprint density at radius 2 is 1.26 bits per heavy atom. The fourth-order valence-electron chi connectivity index (χ4n) is 3.90. The number of unbranched alkanes of at least 4 members (excludes halogenated alkanes) is 2. The number of nitrogens with zero attached hydrogens (tertiary/aromatic N) is 2. The maximum atomic E-state index is 10.8. The first-order valence-corrected chi connectivity index (χ1v) is 10.7. The van der Waals surface area contributed by atoms with E-state index >= 15 is 0 Å². The lowest BCUT2D eigenvalue weighted by atomic mass is 9.96. The van der Waals surface area contributed by atoms with E-state index in [1.807, 2.05) is 30.3 Å². The molecule has 0 saturated carbocycles. The zero-order valence-electron chi connectivity index (χ0n) is 17.4. The fourth-order valence-corrected chi connectivity index (χ4v) is 3.90. The summed E-state index contributed by atoms with van der Waals surface area (Å²) in [5.74, 6) is -0.734. The van der Waals surface area contributed by atoms with Gasteiger partial charge in [-0.25, -0.2) is 0 Å². The van der Waals surface area contributed by atoms with E-state index in [9.17, 15) is 4.79 Å². The predicted molar refractivity (Wildman–Crippen MR) is 125 cm³/mol. The van der Waals surface area contributed by atoms with E-state index in [2.05, 4.69) is 65.3 Å². The minimum absolute atomic E-state index is 0.217. The van der Waals surface area contributed by atoms with E-state index in [0.717, 1.165) is 53.0 Å². The molecular formula is C27H26N2O2. The lowest BCUT2D eigenvalue weighted by Gasteiger charge is -2.11. The molecule has 156 valence electrons. The largest absolute Gasteiger partial charge is 0.481 e. The summed E-state index contributed by atoms with van der Waals surface area (Å²) in [6, 6.07) is 31.1. The molecule has 0 saturated heterocycles. The Labute approximate surface area is 182 Å². The third kappa shape index (κ3) is 4.92. The molecule has 0 amide bonds. The van der Waals surface area contributed by atoms with Gasteiger partial charge in [-0.2, -0.15) is 5.10 Å². The Morgan fingerprint density at radius 1 is 0.710 bits per heavy atom. The number of carboxylic acid groups (broad SMARTS) is 1. The molecule has 0 spiro atoms. The second-order valence-corrected chi connectivity index (χ2v) is 7.60. The SMILES string of the molecule is O=C(O)CCCCCn1nc(-c2ccccc2)c(-c2ccccc2)c1-c1ccccc1. The molecule has 4 rings (SSSR count). The lowest BCUT2D eigenvalue weighted by Crippen LogP contribution is -2.03. The molecule has 1 aromatic heterocycles. The molecule has 31 heavy (non-hydrogen) atoms. The van der Waals surface area contributed by atoms with Crippen molar-refractivity contribution in [3.05, 3.63) is 91.0 Å². The van der Waals surface area contributed by atoms with Gasteiger partial charge in [0.05, 0.1) is 5.69 Å². The van der Waals surface area contributed by atoms with Gasteiger partial charge >= 0.3 is 5.97 Å². The number of aliphatic carboxylic acids is 1. The number of rotatable bonds is 9. The summed E-state index contributed by atoms with van der Waals surface area (Å²) < 4.78 is 2.10. The van der Waals surface area contributed by atoms with Gasteiger partial charge in [0.1, 0.15) is 5.69 Å². The summed E-state index contributed by atoms with van der Waals surface area (Å²) >= 11 is 0. The Morgan fingerprint density at radius 3 is 1.84 bits per heavy atom. The molecular weight excluding hydrogens is 384 g/mol. The van der Waals surface area contributed by atoms with Crippen molar-refractivity contribution in [3.63, 3.8) is 0 Å². The lowest BCUT2D eigenvalue weighted by molar-refractivity contribution is -0.137. The highest BCUT2D eigenvalue weighted by molar-refractivity contribution is 5.91. The fraction of sp³-hybridized carbons (Fsp3) is 0.185. The van der Waals surface area contributed by atoms with Crippen LogP contribution >= 0.6 is 0 Å². The van der Waals surface area contributed by atoms with Crippen molar-refractivity contribution < 1.29 is 9.90 Å². The zero-order valence-corrected chi connectivity index (χ0v) is 17.4. The highest BCUT2D eigenvalue weighted by Gasteiger charge is 2.21. The minimum atomic E-state index is -0.734. The van der Waals surface area contributed by atoms with Crippen LogP contribution in [0.5, 0.6) is 0 Å². The molecule has 1 heterocycles. The zero-order chi connectivity index (χ0) is 21.5. The molecule has 0 radical (unpaired) electrons. The van der Waals surface area contributed by atoms with Gasteiger partial charge in [-0.05, 0) is 18.4 Å². The average molecular weight is 411 g/mol. The number of aryl methyl sites for hydroxylation is 1. The maximum Gasteiger partial charge on any atom is 0.303 e. The van der Waals surface area contributed by atoms with Crippen molar-refractivity contribution >= 4 is 5.97 Å². The average Bonchev–Trinajstić information content (AvgIpc) is 3.20. The Kier molecular flexibility index (Phi) is 6.58. The van der Waals surface area contributed by atoms with Gasteiger partial charge < -0.3 is 5.11 Å². The minimum Gasteiger partial charge on any atom is -0.481 e. The molecule has 0 aliphatic heterocycles. The van der Waals surface area contributed by atoms with Crippen molar-refractivity contribution in [2.24, 2.45) is 0 Å². The first kappa shape index (κ1) is 20.6. The first-order chi connectivity index (χ1) is 15.2. The van der Waals surface area contributed by atoms with Crippen LogP contribution in [0.15, 0.2) is 91.0 Å². The summed E-state index contributed by atoms with van der Waals surface area (Å²) in [7, 11) is 0. The van der Waals surface area contributed by atoms with Gasteiger partial charge in [-0.15, -0.1) is 0 Å². The Bertz CT molecular complexity index is 1120. The Balaban J connectivity index is 1.80. The van der Waals surface area contributed by atoms with Crippen LogP contribution in [0.1, 0.15) is 25.7 Å². The van der Waals surface area contributed by atoms with E-state index in [4.69, 9.17) is 10.2 Å². The van der Waals surface area contributed by atoms with Crippen LogP contribution < -0.4 is 0 Å². The van der Waals surface area contributed by atoms with Crippen LogP contribution in [0.2, 0.25) is 0 Å².